The molecule has 7 nitrogen and oxygen atoms in total. The van der Waals surface area contributed by atoms with Gasteiger partial charge in [0.2, 0.25) is 0 Å². The molecule has 0 spiro atoms. The molecule has 0 bridgehead atoms. The average molecular weight is 305 g/mol. The molecule has 0 saturated heterocycles. The average Bonchev–Trinajstić information content (AvgIpc) is 2.53. The zero-order valence-corrected chi connectivity index (χ0v) is 13.0. The van der Waals surface area contributed by atoms with E-state index in [0.717, 1.165) is 0 Å². The Kier molecular flexibility index (Phi) is 7.32. The van der Waals surface area contributed by atoms with Crippen LogP contribution in [0.1, 0.15) is 25.0 Å². The summed E-state index contributed by atoms with van der Waals surface area (Å²) >= 11 is 0. The van der Waals surface area contributed by atoms with Gasteiger partial charge in [-0.15, -0.1) is 0 Å². The lowest BCUT2D eigenvalue weighted by Gasteiger charge is -2.08. The van der Waals surface area contributed by atoms with Crippen molar-refractivity contribution in [1.82, 2.24) is 0 Å². The fourth-order valence-electron chi connectivity index (χ4n) is 1.55. The second-order valence-electron chi connectivity index (χ2n) is 4.26. The molecule has 1 aromatic rings. The van der Waals surface area contributed by atoms with Crippen LogP contribution in [0.4, 0.5) is 0 Å². The summed E-state index contributed by atoms with van der Waals surface area (Å²) in [4.78, 5) is 25.7. The predicted molar refractivity (Wildman–Crippen MR) is 84.3 cm³/mol. The Morgan fingerprint density at radius 1 is 1.18 bits per heavy atom. The highest BCUT2D eigenvalue weighted by Gasteiger charge is 2.09. The van der Waals surface area contributed by atoms with Gasteiger partial charge in [-0.2, -0.15) is 0 Å². The van der Waals surface area contributed by atoms with Crippen LogP contribution in [0.3, 0.4) is 0 Å². The Balaban J connectivity index is 2.90. The van der Waals surface area contributed by atoms with E-state index >= 15 is 0 Å². The van der Waals surface area contributed by atoms with Crippen LogP contribution in [0.2, 0.25) is 0 Å². The van der Waals surface area contributed by atoms with E-state index in [9.17, 15) is 4.79 Å². The summed E-state index contributed by atoms with van der Waals surface area (Å²) in [5.41, 5.74) is 2.11. The van der Waals surface area contributed by atoms with E-state index in [1.165, 1.54) is 20.4 Å². The number of aldehydes is 1. The van der Waals surface area contributed by atoms with Crippen molar-refractivity contribution >= 4 is 23.9 Å². The number of carbonyl (C=O) groups excluding carboxylic acids is 1. The van der Waals surface area contributed by atoms with Gasteiger partial charge in [0, 0.05) is 11.1 Å². The smallest absolute Gasteiger partial charge is 0.172 e. The molecule has 0 aliphatic carbocycles. The maximum absolute atomic E-state index is 11.1. The van der Waals surface area contributed by atoms with Crippen molar-refractivity contribution in [3.63, 3.8) is 0 Å². The number of benzene rings is 1. The molecule has 0 radical (unpaired) electrons. The minimum absolute atomic E-state index is 0.176. The molecule has 1 aromatic carbocycles. The lowest BCUT2D eigenvalue weighted by atomic mass is 10.0. The highest BCUT2D eigenvalue weighted by Crippen LogP contribution is 2.08. The quantitative estimate of drug-likeness (QED) is 0.418. The molecule has 0 aliphatic heterocycles. The number of nitrogens with zero attached hydrogens (tertiary/aromatic N) is 3. The summed E-state index contributed by atoms with van der Waals surface area (Å²) in [6.07, 6.45) is 1.79. The molecule has 0 heterocycles. The third kappa shape index (κ3) is 5.01. The fourth-order valence-corrected chi connectivity index (χ4v) is 1.55. The highest BCUT2D eigenvalue weighted by atomic mass is 16.6. The second kappa shape index (κ2) is 9.28. The topological polar surface area (TPSA) is 81.8 Å². The number of carbonyl (C=O) groups is 1. The van der Waals surface area contributed by atoms with Gasteiger partial charge >= 0.3 is 0 Å². The molecule has 1 unspecified atom stereocenters. The van der Waals surface area contributed by atoms with Crippen molar-refractivity contribution in [3.05, 3.63) is 35.4 Å². The minimum Gasteiger partial charge on any atom is -0.399 e. The number of hydrogen-bond donors (Lipinski definition) is 0. The Labute approximate surface area is 129 Å². The van der Waals surface area contributed by atoms with E-state index in [1.807, 2.05) is 6.07 Å². The summed E-state index contributed by atoms with van der Waals surface area (Å²) in [5.74, 6) is 0. The van der Waals surface area contributed by atoms with Crippen molar-refractivity contribution in [2.24, 2.45) is 15.5 Å². The lowest BCUT2D eigenvalue weighted by molar-refractivity contribution is -0.102. The highest BCUT2D eigenvalue weighted by molar-refractivity contribution is 6.37. The van der Waals surface area contributed by atoms with Gasteiger partial charge in [0.1, 0.15) is 19.9 Å². The van der Waals surface area contributed by atoms with Crippen LogP contribution < -0.4 is 0 Å². The normalized spacial score (nSPS) is 13.8. The molecule has 1 rings (SSSR count). The molecule has 0 amide bonds. The monoisotopic (exact) mass is 305 g/mol. The molecule has 0 aromatic heterocycles. The molecule has 22 heavy (non-hydrogen) atoms. The van der Waals surface area contributed by atoms with Crippen molar-refractivity contribution in [3.8, 4) is 0 Å². The molecular formula is C15H19N3O4. The first kappa shape index (κ1) is 17.4. The summed E-state index contributed by atoms with van der Waals surface area (Å²) in [6.45, 7) is 3.57. The van der Waals surface area contributed by atoms with Gasteiger partial charge in [0.25, 0.3) is 0 Å². The Morgan fingerprint density at radius 3 is 2.50 bits per heavy atom. The molecule has 0 fully saturated rings. The zero-order chi connectivity index (χ0) is 16.4. The summed E-state index contributed by atoms with van der Waals surface area (Å²) in [7, 11) is 2.84. The van der Waals surface area contributed by atoms with E-state index in [-0.39, 0.29) is 11.8 Å². The molecule has 118 valence electrons. The van der Waals surface area contributed by atoms with Gasteiger partial charge in [0.05, 0.1) is 11.9 Å². The number of oxime groups is 3. The van der Waals surface area contributed by atoms with Gasteiger partial charge in [-0.3, -0.25) is 4.79 Å². The van der Waals surface area contributed by atoms with Gasteiger partial charge < -0.3 is 14.5 Å². The van der Waals surface area contributed by atoms with Crippen molar-refractivity contribution in [1.29, 1.82) is 0 Å². The van der Waals surface area contributed by atoms with Gasteiger partial charge in [-0.25, -0.2) is 0 Å². The summed E-state index contributed by atoms with van der Waals surface area (Å²) in [5, 5.41) is 11.4. The summed E-state index contributed by atoms with van der Waals surface area (Å²) in [6, 6.07) is 7.15. The van der Waals surface area contributed by atoms with Crippen LogP contribution in [0.25, 0.3) is 0 Å². The standard InChI is InChI=1S/C15H19N3O4/c1-11(17-20-3)12(2)22-16-9-13-7-5-6-8-14(13)15(10-19)18-21-4/h5-10,12H,1-4H3/b16-9+,17-11+,18-15-. The first-order valence-electron chi connectivity index (χ1n) is 6.56. The van der Waals surface area contributed by atoms with Crippen LogP contribution in [-0.4, -0.2) is 44.2 Å². The van der Waals surface area contributed by atoms with Gasteiger partial charge in [-0.1, -0.05) is 39.7 Å². The second-order valence-corrected chi connectivity index (χ2v) is 4.26. The maximum Gasteiger partial charge on any atom is 0.172 e. The largest absolute Gasteiger partial charge is 0.399 e. The zero-order valence-electron chi connectivity index (χ0n) is 13.0. The molecular weight excluding hydrogens is 286 g/mol. The molecule has 1 atom stereocenters. The number of hydrogen-bond acceptors (Lipinski definition) is 7. The van der Waals surface area contributed by atoms with E-state index in [1.54, 1.807) is 32.0 Å². The van der Waals surface area contributed by atoms with Crippen LogP contribution in [0.15, 0.2) is 39.7 Å². The van der Waals surface area contributed by atoms with E-state index in [2.05, 4.69) is 25.1 Å². The summed E-state index contributed by atoms with van der Waals surface area (Å²) < 4.78 is 0. The van der Waals surface area contributed by atoms with Crippen molar-refractivity contribution in [2.45, 2.75) is 20.0 Å². The Hall–Kier alpha value is -2.70. The van der Waals surface area contributed by atoms with Crippen LogP contribution in [0.5, 0.6) is 0 Å². The molecule has 0 aliphatic rings. The van der Waals surface area contributed by atoms with E-state index < -0.39 is 0 Å². The first-order chi connectivity index (χ1) is 10.6. The van der Waals surface area contributed by atoms with E-state index in [4.69, 9.17) is 4.84 Å². The SMILES string of the molecule is CO/N=C(/C=O)c1ccccc1/C=N/OC(C)/C(C)=N/OC. The lowest BCUT2D eigenvalue weighted by Crippen LogP contribution is -2.15. The van der Waals surface area contributed by atoms with Gasteiger partial charge in [0.15, 0.2) is 12.4 Å². The minimum atomic E-state index is -0.332. The fraction of sp³-hybridized carbons (Fsp3) is 0.333. The Bertz CT molecular complexity index is 582. The molecule has 0 N–H and O–H groups in total. The van der Waals surface area contributed by atoms with E-state index in [0.29, 0.717) is 23.1 Å². The third-order valence-electron chi connectivity index (χ3n) is 2.77. The van der Waals surface area contributed by atoms with Crippen LogP contribution >= 0.6 is 0 Å². The maximum atomic E-state index is 11.1. The van der Waals surface area contributed by atoms with Gasteiger partial charge in [-0.05, 0) is 13.8 Å². The Morgan fingerprint density at radius 2 is 1.86 bits per heavy atom. The van der Waals surface area contributed by atoms with Crippen LogP contribution in [0, 0.1) is 0 Å². The van der Waals surface area contributed by atoms with Crippen molar-refractivity contribution in [2.75, 3.05) is 14.2 Å². The molecule has 0 saturated carbocycles. The third-order valence-corrected chi connectivity index (χ3v) is 2.77. The number of rotatable bonds is 8. The molecule has 7 heteroatoms. The van der Waals surface area contributed by atoms with Crippen molar-refractivity contribution < 1.29 is 19.3 Å². The first-order valence-corrected chi connectivity index (χ1v) is 6.56. The predicted octanol–water partition coefficient (Wildman–Crippen LogP) is 2.00. The van der Waals surface area contributed by atoms with Crippen LogP contribution in [-0.2, 0) is 19.3 Å².